The quantitative estimate of drug-likeness (QED) is 0.191. The molecule has 0 bridgehead atoms. The number of anilines is 3. The Kier molecular flexibility index (Phi) is 5.78. The first-order valence-corrected chi connectivity index (χ1v) is 16.8. The van der Waals surface area contributed by atoms with Crippen molar-refractivity contribution in [1.29, 1.82) is 0 Å². The smallest absolute Gasteiger partial charge is 0.0542 e. The van der Waals surface area contributed by atoms with Crippen LogP contribution in [-0.2, 0) is 0 Å². The monoisotopic (exact) mass is 616 g/mol. The molecule has 8 aromatic carbocycles. The van der Waals surface area contributed by atoms with Crippen molar-refractivity contribution < 1.29 is 0 Å². The van der Waals surface area contributed by atoms with Crippen molar-refractivity contribution in [3.05, 3.63) is 170 Å². The maximum absolute atomic E-state index is 2.42. The normalized spacial score (nSPS) is 11.8. The fourth-order valence-electron chi connectivity index (χ4n) is 7.31. The number of aromatic nitrogens is 1. The molecule has 0 unspecified atom stereocenters. The summed E-state index contributed by atoms with van der Waals surface area (Å²) in [5.74, 6) is 0. The van der Waals surface area contributed by atoms with E-state index >= 15 is 0 Å². The highest BCUT2D eigenvalue weighted by molar-refractivity contribution is 7.25. The van der Waals surface area contributed by atoms with E-state index in [4.69, 9.17) is 0 Å². The Bertz CT molecular complexity index is 2810. The lowest BCUT2D eigenvalue weighted by Gasteiger charge is -2.26. The molecule has 0 atom stereocenters. The van der Waals surface area contributed by atoms with Gasteiger partial charge in [0.2, 0.25) is 0 Å². The Morgan fingerprint density at radius 2 is 0.936 bits per heavy atom. The van der Waals surface area contributed by atoms with Crippen LogP contribution in [-0.4, -0.2) is 4.57 Å². The zero-order valence-corrected chi connectivity index (χ0v) is 26.3. The van der Waals surface area contributed by atoms with E-state index in [1.165, 1.54) is 69.2 Å². The van der Waals surface area contributed by atoms with Crippen molar-refractivity contribution in [2.75, 3.05) is 4.90 Å². The molecule has 3 heteroatoms. The van der Waals surface area contributed by atoms with E-state index in [2.05, 4.69) is 179 Å². The number of para-hydroxylation sites is 2. The Hall–Kier alpha value is -5.90. The predicted molar refractivity (Wildman–Crippen MR) is 203 cm³/mol. The third kappa shape index (κ3) is 4.17. The number of benzene rings is 8. The van der Waals surface area contributed by atoms with E-state index in [-0.39, 0.29) is 0 Å². The fraction of sp³-hybridized carbons (Fsp3) is 0. The van der Waals surface area contributed by atoms with Crippen molar-refractivity contribution in [3.63, 3.8) is 0 Å². The molecule has 0 aliphatic rings. The van der Waals surface area contributed by atoms with Gasteiger partial charge in [0.05, 0.1) is 11.0 Å². The number of thiophene rings is 1. The molecule has 220 valence electrons. The van der Waals surface area contributed by atoms with Gasteiger partial charge in [0.25, 0.3) is 0 Å². The summed E-state index contributed by atoms with van der Waals surface area (Å²) in [5.41, 5.74) is 6.99. The molecule has 2 heterocycles. The third-order valence-electron chi connectivity index (χ3n) is 9.50. The summed E-state index contributed by atoms with van der Waals surface area (Å²) < 4.78 is 5.00. The molecule has 0 aliphatic heterocycles. The second-order valence-corrected chi connectivity index (χ2v) is 13.3. The fourth-order valence-corrected chi connectivity index (χ4v) is 8.42. The molecule has 10 rings (SSSR count). The molecule has 0 saturated heterocycles. The number of hydrogen-bond donors (Lipinski definition) is 0. The van der Waals surface area contributed by atoms with Crippen LogP contribution in [0.15, 0.2) is 170 Å². The summed E-state index contributed by atoms with van der Waals surface area (Å²) in [5, 5.41) is 10.1. The van der Waals surface area contributed by atoms with Crippen LogP contribution in [0, 0.1) is 0 Å². The van der Waals surface area contributed by atoms with Crippen molar-refractivity contribution in [1.82, 2.24) is 4.57 Å². The van der Waals surface area contributed by atoms with Crippen molar-refractivity contribution in [3.8, 4) is 5.69 Å². The standard InChI is InChI=1S/C44H28N2S/c1-2-14-33(15-3-1)46-41-17-9-8-16-37(41)38-27-35(20-22-42(38)46)45(34-19-18-29-10-4-5-11-30(29)24-34)36-21-23-43-40(28-36)39-25-31-12-6-7-13-32(31)26-44(39)47-43/h1-28H. The first kappa shape index (κ1) is 26.3. The molecule has 0 aliphatic carbocycles. The van der Waals surface area contributed by atoms with Crippen LogP contribution >= 0.6 is 11.3 Å². The highest BCUT2D eigenvalue weighted by Gasteiger charge is 2.19. The third-order valence-corrected chi connectivity index (χ3v) is 10.6. The molecule has 0 saturated carbocycles. The van der Waals surface area contributed by atoms with Crippen LogP contribution in [0.5, 0.6) is 0 Å². The highest BCUT2D eigenvalue weighted by atomic mass is 32.1. The molecule has 0 N–H and O–H groups in total. The van der Waals surface area contributed by atoms with Gasteiger partial charge in [-0.2, -0.15) is 0 Å². The summed E-state index contributed by atoms with van der Waals surface area (Å²) in [7, 11) is 0. The summed E-state index contributed by atoms with van der Waals surface area (Å²) in [6.45, 7) is 0. The van der Waals surface area contributed by atoms with Gasteiger partial charge in [-0.1, -0.05) is 91.0 Å². The SMILES string of the molecule is c1ccc(-n2c3ccccc3c3cc(N(c4ccc5ccccc5c4)c4ccc5sc6cc7ccccc7cc6c5c4)ccc32)cc1. The summed E-state index contributed by atoms with van der Waals surface area (Å²) >= 11 is 1.87. The van der Waals surface area contributed by atoms with Gasteiger partial charge in [0.1, 0.15) is 0 Å². The van der Waals surface area contributed by atoms with E-state index in [9.17, 15) is 0 Å². The number of fused-ring (bicyclic) bond motifs is 8. The minimum absolute atomic E-state index is 1.13. The summed E-state index contributed by atoms with van der Waals surface area (Å²) in [6.07, 6.45) is 0. The second kappa shape index (κ2) is 10.3. The molecule has 0 amide bonds. The molecule has 2 nitrogen and oxygen atoms in total. The first-order valence-electron chi connectivity index (χ1n) is 16.0. The highest BCUT2D eigenvalue weighted by Crippen LogP contribution is 2.44. The second-order valence-electron chi connectivity index (χ2n) is 12.2. The Morgan fingerprint density at radius 1 is 0.362 bits per heavy atom. The molecule has 0 spiro atoms. The van der Waals surface area contributed by atoms with E-state index in [1.54, 1.807) is 0 Å². The van der Waals surface area contributed by atoms with Gasteiger partial charge in [0.15, 0.2) is 0 Å². The molecule has 0 radical (unpaired) electrons. The topological polar surface area (TPSA) is 8.17 Å². The minimum atomic E-state index is 1.13. The van der Waals surface area contributed by atoms with Crippen LogP contribution in [0.4, 0.5) is 17.1 Å². The largest absolute Gasteiger partial charge is 0.310 e. The Morgan fingerprint density at radius 3 is 1.77 bits per heavy atom. The van der Waals surface area contributed by atoms with Crippen molar-refractivity contribution in [2.45, 2.75) is 0 Å². The molecule has 2 aromatic heterocycles. The molecular formula is C44H28N2S. The lowest BCUT2D eigenvalue weighted by Crippen LogP contribution is -2.10. The zero-order valence-electron chi connectivity index (χ0n) is 25.5. The van der Waals surface area contributed by atoms with Crippen molar-refractivity contribution in [2.24, 2.45) is 0 Å². The maximum atomic E-state index is 2.42. The van der Waals surface area contributed by atoms with Gasteiger partial charge in [-0.15, -0.1) is 11.3 Å². The van der Waals surface area contributed by atoms with Gasteiger partial charge in [-0.05, 0) is 100 Å². The van der Waals surface area contributed by atoms with E-state index in [1.807, 2.05) is 11.3 Å². The predicted octanol–water partition coefficient (Wildman–Crippen LogP) is 12.9. The molecular weight excluding hydrogens is 589 g/mol. The van der Waals surface area contributed by atoms with Crippen molar-refractivity contribution >= 4 is 91.9 Å². The summed E-state index contributed by atoms with van der Waals surface area (Å²) in [4.78, 5) is 2.42. The van der Waals surface area contributed by atoms with Gasteiger partial charge < -0.3 is 9.47 Å². The van der Waals surface area contributed by atoms with Crippen LogP contribution in [0.1, 0.15) is 0 Å². The molecule has 0 fully saturated rings. The summed E-state index contributed by atoms with van der Waals surface area (Å²) in [6, 6.07) is 62.1. The van der Waals surface area contributed by atoms with E-state index in [0.717, 1.165) is 17.1 Å². The van der Waals surface area contributed by atoms with Crippen LogP contribution in [0.25, 0.3) is 69.2 Å². The minimum Gasteiger partial charge on any atom is -0.310 e. The zero-order chi connectivity index (χ0) is 30.9. The molecule has 10 aromatic rings. The van der Waals surface area contributed by atoms with E-state index < -0.39 is 0 Å². The van der Waals surface area contributed by atoms with E-state index in [0.29, 0.717) is 0 Å². The Balaban J connectivity index is 1.23. The Labute approximate surface area is 276 Å². The van der Waals surface area contributed by atoms with Gasteiger partial charge in [-0.3, -0.25) is 0 Å². The maximum Gasteiger partial charge on any atom is 0.0542 e. The number of rotatable bonds is 4. The average molecular weight is 617 g/mol. The lowest BCUT2D eigenvalue weighted by atomic mass is 10.0. The van der Waals surface area contributed by atoms with Crippen LogP contribution in [0.2, 0.25) is 0 Å². The van der Waals surface area contributed by atoms with Gasteiger partial charge in [-0.25, -0.2) is 0 Å². The molecule has 47 heavy (non-hydrogen) atoms. The first-order chi connectivity index (χ1) is 23.3. The average Bonchev–Trinajstić information content (AvgIpc) is 3.65. The van der Waals surface area contributed by atoms with Crippen LogP contribution < -0.4 is 4.90 Å². The van der Waals surface area contributed by atoms with Gasteiger partial charge in [0, 0.05) is 53.7 Å². The van der Waals surface area contributed by atoms with Gasteiger partial charge >= 0.3 is 0 Å². The van der Waals surface area contributed by atoms with Crippen LogP contribution in [0.3, 0.4) is 0 Å². The lowest BCUT2D eigenvalue weighted by molar-refractivity contribution is 1.18. The number of nitrogens with zero attached hydrogens (tertiary/aromatic N) is 2. The number of hydrogen-bond acceptors (Lipinski definition) is 2.